The average Bonchev–Trinajstić information content (AvgIpc) is 2.45. The predicted octanol–water partition coefficient (Wildman–Crippen LogP) is 2.60. The number of nitrogens with zero attached hydrogens (tertiary/aromatic N) is 3. The Morgan fingerprint density at radius 1 is 1.17 bits per heavy atom. The lowest BCUT2D eigenvalue weighted by Gasteiger charge is -2.22. The Morgan fingerprint density at radius 3 is 2.38 bits per heavy atom. The lowest BCUT2D eigenvalue weighted by Crippen LogP contribution is -2.49. The van der Waals surface area contributed by atoms with Gasteiger partial charge in [-0.25, -0.2) is 22.9 Å². The molecule has 0 fully saturated rings. The summed E-state index contributed by atoms with van der Waals surface area (Å²) in [5.41, 5.74) is -1.48. The first-order valence-corrected chi connectivity index (χ1v) is 8.44. The summed E-state index contributed by atoms with van der Waals surface area (Å²) in [5, 5.41) is 0.262. The molecule has 0 saturated heterocycles. The molecule has 0 N–H and O–H groups in total. The fourth-order valence-corrected chi connectivity index (χ4v) is 2.94. The molecule has 0 bridgehead atoms. The zero-order chi connectivity index (χ0) is 18.1. The summed E-state index contributed by atoms with van der Waals surface area (Å²) in [5.74, 6) is -1.32. The summed E-state index contributed by atoms with van der Waals surface area (Å²) in [6, 6.07) is 3.45. The van der Waals surface area contributed by atoms with Crippen molar-refractivity contribution in [3.63, 3.8) is 0 Å². The number of thioether (sulfide) groups is 1. The van der Waals surface area contributed by atoms with Crippen molar-refractivity contribution in [2.75, 3.05) is 5.75 Å². The molecule has 0 aliphatic heterocycles. The minimum Gasteiger partial charge on any atom is -0.268 e. The zero-order valence-corrected chi connectivity index (χ0v) is 14.8. The molecule has 0 unspecified atom stereocenters. The Balaban J connectivity index is 2.63. The first-order valence-electron chi connectivity index (χ1n) is 7.46. The van der Waals surface area contributed by atoms with Crippen molar-refractivity contribution in [3.05, 3.63) is 56.4 Å². The van der Waals surface area contributed by atoms with Crippen molar-refractivity contribution in [2.45, 2.75) is 44.9 Å². The van der Waals surface area contributed by atoms with Crippen molar-refractivity contribution in [1.82, 2.24) is 14.1 Å². The number of halogens is 2. The van der Waals surface area contributed by atoms with E-state index in [9.17, 15) is 18.4 Å². The third-order valence-electron chi connectivity index (χ3n) is 3.30. The standard InChI is InChI=1S/C16H19F2N3O2S/c1-5-24-14-19-13(22)21(16(2,3)4)15(23)20(14)9-10-6-7-11(17)12(18)8-10/h6-8H,5,9H2,1-4H3. The molecule has 0 amide bonds. The average molecular weight is 355 g/mol. The molecule has 130 valence electrons. The number of rotatable bonds is 4. The molecule has 0 saturated carbocycles. The van der Waals surface area contributed by atoms with Crippen LogP contribution >= 0.6 is 11.8 Å². The lowest BCUT2D eigenvalue weighted by atomic mass is 10.1. The minimum atomic E-state index is -0.984. The van der Waals surface area contributed by atoms with Gasteiger partial charge >= 0.3 is 11.4 Å². The summed E-state index contributed by atoms with van der Waals surface area (Å²) >= 11 is 1.25. The molecule has 2 aromatic rings. The Kier molecular flexibility index (Phi) is 5.27. The summed E-state index contributed by atoms with van der Waals surface area (Å²) in [6.45, 7) is 7.06. The van der Waals surface area contributed by atoms with Gasteiger partial charge in [0.15, 0.2) is 16.8 Å². The van der Waals surface area contributed by atoms with Gasteiger partial charge in [0.1, 0.15) is 0 Å². The van der Waals surface area contributed by atoms with Crippen LogP contribution in [0.4, 0.5) is 8.78 Å². The highest BCUT2D eigenvalue weighted by atomic mass is 32.2. The fraction of sp³-hybridized carbons (Fsp3) is 0.438. The molecule has 1 aromatic carbocycles. The molecular weight excluding hydrogens is 336 g/mol. The monoisotopic (exact) mass is 355 g/mol. The van der Waals surface area contributed by atoms with Crippen LogP contribution in [0.15, 0.2) is 32.9 Å². The molecule has 8 heteroatoms. The second-order valence-electron chi connectivity index (χ2n) is 6.23. The minimum absolute atomic E-state index is 0.00171. The van der Waals surface area contributed by atoms with Gasteiger partial charge in [0.05, 0.1) is 6.54 Å². The summed E-state index contributed by atoms with van der Waals surface area (Å²) in [7, 11) is 0. The van der Waals surface area contributed by atoms with Gasteiger partial charge in [0.25, 0.3) is 0 Å². The first kappa shape index (κ1) is 18.4. The summed E-state index contributed by atoms with van der Waals surface area (Å²) in [6.07, 6.45) is 0. The smallest absolute Gasteiger partial charge is 0.268 e. The number of aromatic nitrogens is 3. The van der Waals surface area contributed by atoms with Gasteiger partial charge in [0, 0.05) is 5.54 Å². The van der Waals surface area contributed by atoms with E-state index in [0.29, 0.717) is 11.3 Å². The molecule has 0 aliphatic carbocycles. The Labute approximate surface area is 142 Å². The highest BCUT2D eigenvalue weighted by Crippen LogP contribution is 2.16. The molecule has 5 nitrogen and oxygen atoms in total. The van der Waals surface area contributed by atoms with E-state index in [1.165, 1.54) is 22.4 Å². The van der Waals surface area contributed by atoms with E-state index in [0.717, 1.165) is 16.7 Å². The second kappa shape index (κ2) is 6.88. The molecule has 1 aromatic heterocycles. The van der Waals surface area contributed by atoms with Crippen LogP contribution < -0.4 is 11.4 Å². The van der Waals surface area contributed by atoms with Crippen LogP contribution in [0.2, 0.25) is 0 Å². The van der Waals surface area contributed by atoms with Crippen LogP contribution in [0.25, 0.3) is 0 Å². The third-order valence-corrected chi connectivity index (χ3v) is 4.16. The molecule has 2 rings (SSSR count). The van der Waals surface area contributed by atoms with Crippen molar-refractivity contribution in [3.8, 4) is 0 Å². The van der Waals surface area contributed by atoms with Crippen LogP contribution in [0, 0.1) is 11.6 Å². The Bertz CT molecular complexity index is 869. The Hall–Kier alpha value is -1.96. The largest absolute Gasteiger partial charge is 0.354 e. The van der Waals surface area contributed by atoms with Gasteiger partial charge in [-0.3, -0.25) is 4.57 Å². The number of hydrogen-bond acceptors (Lipinski definition) is 4. The zero-order valence-electron chi connectivity index (χ0n) is 14.0. The van der Waals surface area contributed by atoms with Gasteiger partial charge in [0.2, 0.25) is 0 Å². The molecule has 1 heterocycles. The van der Waals surface area contributed by atoms with E-state index in [2.05, 4.69) is 4.98 Å². The topological polar surface area (TPSA) is 56.9 Å². The molecular formula is C16H19F2N3O2S. The van der Waals surface area contributed by atoms with Gasteiger partial charge in [-0.2, -0.15) is 4.98 Å². The Morgan fingerprint density at radius 2 is 1.83 bits per heavy atom. The maximum absolute atomic E-state index is 13.4. The van der Waals surface area contributed by atoms with Gasteiger partial charge in [-0.1, -0.05) is 24.8 Å². The van der Waals surface area contributed by atoms with Gasteiger partial charge < -0.3 is 0 Å². The summed E-state index contributed by atoms with van der Waals surface area (Å²) < 4.78 is 28.9. The first-order chi connectivity index (χ1) is 11.1. The van der Waals surface area contributed by atoms with Crippen LogP contribution in [-0.4, -0.2) is 19.9 Å². The van der Waals surface area contributed by atoms with Crippen LogP contribution in [0.1, 0.15) is 33.3 Å². The SMILES string of the molecule is CCSc1nc(=O)n(C(C)(C)C)c(=O)n1Cc1ccc(F)c(F)c1. The van der Waals surface area contributed by atoms with E-state index < -0.39 is 28.6 Å². The fourth-order valence-electron chi connectivity index (χ4n) is 2.25. The quantitative estimate of drug-likeness (QED) is 0.791. The van der Waals surface area contributed by atoms with Crippen molar-refractivity contribution < 1.29 is 8.78 Å². The number of hydrogen-bond donors (Lipinski definition) is 0. The molecule has 0 atom stereocenters. The van der Waals surface area contributed by atoms with E-state index >= 15 is 0 Å². The maximum Gasteiger partial charge on any atom is 0.354 e. The molecule has 0 spiro atoms. The lowest BCUT2D eigenvalue weighted by molar-refractivity contribution is 0.336. The molecule has 24 heavy (non-hydrogen) atoms. The predicted molar refractivity (Wildman–Crippen MR) is 89.6 cm³/mol. The van der Waals surface area contributed by atoms with Gasteiger partial charge in [-0.05, 0) is 44.2 Å². The van der Waals surface area contributed by atoms with E-state index in [-0.39, 0.29) is 11.7 Å². The molecule has 0 radical (unpaired) electrons. The van der Waals surface area contributed by atoms with Gasteiger partial charge in [-0.15, -0.1) is 0 Å². The van der Waals surface area contributed by atoms with Crippen molar-refractivity contribution in [2.24, 2.45) is 0 Å². The van der Waals surface area contributed by atoms with Crippen LogP contribution in [-0.2, 0) is 12.1 Å². The highest BCUT2D eigenvalue weighted by molar-refractivity contribution is 7.99. The van der Waals surface area contributed by atoms with Crippen LogP contribution in [0.3, 0.4) is 0 Å². The van der Waals surface area contributed by atoms with Crippen molar-refractivity contribution in [1.29, 1.82) is 0 Å². The summed E-state index contributed by atoms with van der Waals surface area (Å²) in [4.78, 5) is 29.0. The second-order valence-corrected chi connectivity index (χ2v) is 7.46. The van der Waals surface area contributed by atoms with E-state index in [4.69, 9.17) is 0 Å². The van der Waals surface area contributed by atoms with Crippen LogP contribution in [0.5, 0.6) is 0 Å². The van der Waals surface area contributed by atoms with E-state index in [1.54, 1.807) is 20.8 Å². The third kappa shape index (κ3) is 3.75. The number of benzene rings is 1. The maximum atomic E-state index is 13.4. The van der Waals surface area contributed by atoms with E-state index in [1.807, 2.05) is 6.92 Å². The normalized spacial score (nSPS) is 11.8. The van der Waals surface area contributed by atoms with Crippen molar-refractivity contribution >= 4 is 11.8 Å². The molecule has 0 aliphatic rings. The highest BCUT2D eigenvalue weighted by Gasteiger charge is 2.22.